The summed E-state index contributed by atoms with van der Waals surface area (Å²) in [6.07, 6.45) is 1.96. The molecule has 1 heterocycles. The summed E-state index contributed by atoms with van der Waals surface area (Å²) in [5.41, 5.74) is 3.95. The molecule has 3 rings (SSSR count). The second-order valence-corrected chi connectivity index (χ2v) is 6.17. The predicted octanol–water partition coefficient (Wildman–Crippen LogP) is 3.92. The number of ether oxygens (including phenoxy) is 3. The molecule has 0 bridgehead atoms. The van der Waals surface area contributed by atoms with Gasteiger partial charge in [0.1, 0.15) is 5.75 Å². The summed E-state index contributed by atoms with van der Waals surface area (Å²) in [7, 11) is 1.69. The van der Waals surface area contributed by atoms with Gasteiger partial charge in [0.15, 0.2) is 11.5 Å². The third-order valence-electron chi connectivity index (χ3n) is 4.56. The highest BCUT2D eigenvalue weighted by atomic mass is 16.5. The molecule has 4 heteroatoms. The Morgan fingerprint density at radius 3 is 2.32 bits per heavy atom. The summed E-state index contributed by atoms with van der Waals surface area (Å²) in [6.45, 7) is 6.26. The molecular formula is C21H27NO3. The van der Waals surface area contributed by atoms with Crippen molar-refractivity contribution < 1.29 is 14.2 Å². The van der Waals surface area contributed by atoms with Crippen molar-refractivity contribution in [1.29, 1.82) is 0 Å². The van der Waals surface area contributed by atoms with E-state index in [4.69, 9.17) is 14.2 Å². The normalized spacial score (nSPS) is 16.2. The van der Waals surface area contributed by atoms with Crippen LogP contribution in [0.2, 0.25) is 0 Å². The number of rotatable bonds is 7. The molecule has 2 aromatic rings. The van der Waals surface area contributed by atoms with Crippen LogP contribution in [0.3, 0.4) is 0 Å². The first-order chi connectivity index (χ1) is 12.2. The molecule has 2 aromatic carbocycles. The number of hydrogen-bond donors (Lipinski definition) is 1. The number of fused-ring (bicyclic) bond motifs is 1. The molecule has 1 aliphatic heterocycles. The van der Waals surface area contributed by atoms with Crippen LogP contribution < -0.4 is 19.5 Å². The molecule has 4 nitrogen and oxygen atoms in total. The standard InChI is InChI=1S/C21H27NO3/c1-4-24-20-13-16-10-11-22-19(18(16)14-21(20)25-5-2)12-15-6-8-17(23-3)9-7-15/h6-9,13-14,19,22H,4-5,10-12H2,1-3H3. The molecule has 134 valence electrons. The maximum atomic E-state index is 5.82. The zero-order chi connectivity index (χ0) is 17.6. The van der Waals surface area contributed by atoms with Gasteiger partial charge in [-0.1, -0.05) is 12.1 Å². The van der Waals surface area contributed by atoms with Gasteiger partial charge in [0.2, 0.25) is 0 Å². The van der Waals surface area contributed by atoms with Crippen molar-refractivity contribution in [2.75, 3.05) is 26.9 Å². The summed E-state index contributed by atoms with van der Waals surface area (Å²) >= 11 is 0. The minimum Gasteiger partial charge on any atom is -0.497 e. The van der Waals surface area contributed by atoms with Crippen LogP contribution in [-0.4, -0.2) is 26.9 Å². The Morgan fingerprint density at radius 1 is 1.00 bits per heavy atom. The third-order valence-corrected chi connectivity index (χ3v) is 4.56. The molecule has 0 radical (unpaired) electrons. The van der Waals surface area contributed by atoms with Gasteiger partial charge in [0, 0.05) is 6.04 Å². The van der Waals surface area contributed by atoms with Crippen molar-refractivity contribution in [3.63, 3.8) is 0 Å². The van der Waals surface area contributed by atoms with Gasteiger partial charge in [-0.15, -0.1) is 0 Å². The first-order valence-electron chi connectivity index (χ1n) is 9.03. The van der Waals surface area contributed by atoms with E-state index in [1.165, 1.54) is 16.7 Å². The lowest BCUT2D eigenvalue weighted by atomic mass is 9.90. The molecular weight excluding hydrogens is 314 g/mol. The van der Waals surface area contributed by atoms with E-state index in [0.29, 0.717) is 13.2 Å². The van der Waals surface area contributed by atoms with Gasteiger partial charge in [-0.2, -0.15) is 0 Å². The SMILES string of the molecule is CCOc1cc2c(cc1OCC)C(Cc1ccc(OC)cc1)NCC2. The van der Waals surface area contributed by atoms with Crippen LogP contribution in [0.4, 0.5) is 0 Å². The van der Waals surface area contributed by atoms with Crippen LogP contribution in [0.25, 0.3) is 0 Å². The Balaban J connectivity index is 1.87. The number of nitrogens with one attached hydrogen (secondary N) is 1. The number of hydrogen-bond acceptors (Lipinski definition) is 4. The zero-order valence-electron chi connectivity index (χ0n) is 15.3. The molecule has 0 saturated carbocycles. The molecule has 0 fully saturated rings. The number of methoxy groups -OCH3 is 1. The Hall–Kier alpha value is -2.20. The van der Waals surface area contributed by atoms with E-state index in [2.05, 4.69) is 29.6 Å². The second-order valence-electron chi connectivity index (χ2n) is 6.17. The quantitative estimate of drug-likeness (QED) is 0.828. The van der Waals surface area contributed by atoms with E-state index in [1.54, 1.807) is 7.11 Å². The summed E-state index contributed by atoms with van der Waals surface area (Å²) < 4.78 is 16.8. The Labute approximate surface area is 150 Å². The van der Waals surface area contributed by atoms with Gasteiger partial charge < -0.3 is 19.5 Å². The molecule has 0 aliphatic carbocycles. The van der Waals surface area contributed by atoms with Gasteiger partial charge in [0.05, 0.1) is 20.3 Å². The first kappa shape index (κ1) is 17.6. The second kappa shape index (κ2) is 8.26. The van der Waals surface area contributed by atoms with Crippen LogP contribution >= 0.6 is 0 Å². The monoisotopic (exact) mass is 341 g/mol. The van der Waals surface area contributed by atoms with Gasteiger partial charge >= 0.3 is 0 Å². The highest BCUT2D eigenvalue weighted by molar-refractivity contribution is 5.50. The molecule has 0 amide bonds. The summed E-state index contributed by atoms with van der Waals surface area (Å²) in [6, 6.07) is 12.9. The molecule has 1 N–H and O–H groups in total. The molecule has 1 unspecified atom stereocenters. The summed E-state index contributed by atoms with van der Waals surface area (Å²) in [5.74, 6) is 2.58. The van der Waals surface area contributed by atoms with Gasteiger partial charge in [0.25, 0.3) is 0 Å². The highest BCUT2D eigenvalue weighted by Crippen LogP contribution is 2.36. The predicted molar refractivity (Wildman–Crippen MR) is 99.9 cm³/mol. The largest absolute Gasteiger partial charge is 0.497 e. The molecule has 1 aliphatic rings. The lowest BCUT2D eigenvalue weighted by Crippen LogP contribution is -2.31. The molecule has 0 saturated heterocycles. The summed E-state index contributed by atoms with van der Waals surface area (Å²) in [5, 5.41) is 3.65. The Kier molecular flexibility index (Phi) is 5.82. The lowest BCUT2D eigenvalue weighted by Gasteiger charge is -2.28. The first-order valence-corrected chi connectivity index (χ1v) is 9.03. The average molecular weight is 341 g/mol. The summed E-state index contributed by atoms with van der Waals surface area (Å²) in [4.78, 5) is 0. The van der Waals surface area contributed by atoms with E-state index >= 15 is 0 Å². The average Bonchev–Trinajstić information content (AvgIpc) is 2.64. The van der Waals surface area contributed by atoms with Crippen molar-refractivity contribution in [2.45, 2.75) is 32.7 Å². The van der Waals surface area contributed by atoms with E-state index in [0.717, 1.165) is 36.6 Å². The van der Waals surface area contributed by atoms with Crippen LogP contribution in [0.1, 0.15) is 36.6 Å². The Bertz CT molecular complexity index is 697. The maximum absolute atomic E-state index is 5.82. The molecule has 25 heavy (non-hydrogen) atoms. The van der Waals surface area contributed by atoms with Crippen LogP contribution in [0.5, 0.6) is 17.2 Å². The molecule has 0 spiro atoms. The van der Waals surface area contributed by atoms with Crippen molar-refractivity contribution in [3.05, 3.63) is 53.1 Å². The van der Waals surface area contributed by atoms with E-state index < -0.39 is 0 Å². The minimum atomic E-state index is 0.284. The smallest absolute Gasteiger partial charge is 0.161 e. The fourth-order valence-corrected chi connectivity index (χ4v) is 3.37. The molecule has 1 atom stereocenters. The van der Waals surface area contributed by atoms with E-state index in [-0.39, 0.29) is 6.04 Å². The van der Waals surface area contributed by atoms with E-state index in [1.807, 2.05) is 26.0 Å². The Morgan fingerprint density at radius 2 is 1.68 bits per heavy atom. The molecule has 0 aromatic heterocycles. The van der Waals surface area contributed by atoms with Gasteiger partial charge in [-0.3, -0.25) is 0 Å². The zero-order valence-corrected chi connectivity index (χ0v) is 15.3. The topological polar surface area (TPSA) is 39.7 Å². The lowest BCUT2D eigenvalue weighted by molar-refractivity contribution is 0.286. The van der Waals surface area contributed by atoms with Crippen LogP contribution in [0.15, 0.2) is 36.4 Å². The fraction of sp³-hybridized carbons (Fsp3) is 0.429. The van der Waals surface area contributed by atoms with Crippen LogP contribution in [0, 0.1) is 0 Å². The van der Waals surface area contributed by atoms with Crippen molar-refractivity contribution in [2.24, 2.45) is 0 Å². The minimum absolute atomic E-state index is 0.284. The van der Waals surface area contributed by atoms with Gasteiger partial charge in [-0.05, 0) is 74.2 Å². The van der Waals surface area contributed by atoms with E-state index in [9.17, 15) is 0 Å². The maximum Gasteiger partial charge on any atom is 0.161 e. The highest BCUT2D eigenvalue weighted by Gasteiger charge is 2.23. The third kappa shape index (κ3) is 4.07. The van der Waals surface area contributed by atoms with Crippen LogP contribution in [-0.2, 0) is 12.8 Å². The fourth-order valence-electron chi connectivity index (χ4n) is 3.37. The van der Waals surface area contributed by atoms with Gasteiger partial charge in [-0.25, -0.2) is 0 Å². The van der Waals surface area contributed by atoms with Crippen molar-refractivity contribution in [1.82, 2.24) is 5.32 Å². The van der Waals surface area contributed by atoms with Crippen molar-refractivity contribution >= 4 is 0 Å². The number of benzene rings is 2. The van der Waals surface area contributed by atoms with Crippen molar-refractivity contribution in [3.8, 4) is 17.2 Å².